The van der Waals surface area contributed by atoms with Crippen LogP contribution in [0.4, 0.5) is 0 Å². The van der Waals surface area contributed by atoms with Gasteiger partial charge < -0.3 is 20.3 Å². The number of carbonyl (C=O) groups is 2. The van der Waals surface area contributed by atoms with Crippen LogP contribution in [0.5, 0.6) is 0 Å². The molecular weight excluding hydrogens is 815 g/mol. The summed E-state index contributed by atoms with van der Waals surface area (Å²) in [4.78, 5) is 24.5. The van der Waals surface area contributed by atoms with Gasteiger partial charge in [0.1, 0.15) is 0 Å². The molecule has 66 heavy (non-hydrogen) atoms. The third-order valence-electron chi connectivity index (χ3n) is 14.1. The number of esters is 1. The lowest BCUT2D eigenvalue weighted by Gasteiger charge is -2.22. The molecule has 0 fully saturated rings. The van der Waals surface area contributed by atoms with Gasteiger partial charge in [0.2, 0.25) is 5.91 Å². The van der Waals surface area contributed by atoms with E-state index in [2.05, 4.69) is 31.3 Å². The van der Waals surface area contributed by atoms with E-state index in [9.17, 15) is 19.8 Å². The van der Waals surface area contributed by atoms with E-state index in [1.165, 1.54) is 263 Å². The predicted octanol–water partition coefficient (Wildman–Crippen LogP) is 18.5. The number of allylic oxidation sites excluding steroid dienone is 2. The smallest absolute Gasteiger partial charge is 0.305 e. The fourth-order valence-electron chi connectivity index (χ4n) is 9.46. The first-order valence-electron chi connectivity index (χ1n) is 29.9. The number of hydrogen-bond donors (Lipinski definition) is 3. The topological polar surface area (TPSA) is 95.9 Å². The Morgan fingerprint density at radius 3 is 1.08 bits per heavy atom. The fraction of sp³-hybridized carbons (Fsp3) is 0.933. The van der Waals surface area contributed by atoms with Crippen LogP contribution >= 0.6 is 0 Å². The summed E-state index contributed by atoms with van der Waals surface area (Å²) in [6.07, 6.45) is 66.4. The number of carbonyl (C=O) groups excluding carboxylic acids is 2. The van der Waals surface area contributed by atoms with Gasteiger partial charge >= 0.3 is 5.97 Å². The maximum Gasteiger partial charge on any atom is 0.305 e. The predicted molar refractivity (Wildman–Crippen MR) is 287 cm³/mol. The van der Waals surface area contributed by atoms with E-state index in [0.717, 1.165) is 38.5 Å². The molecule has 2 unspecified atom stereocenters. The Kier molecular flexibility index (Phi) is 55.0. The molecule has 0 spiro atoms. The molecule has 6 heteroatoms. The Hall–Kier alpha value is -1.40. The average Bonchev–Trinajstić information content (AvgIpc) is 3.32. The molecule has 0 aromatic carbocycles. The summed E-state index contributed by atoms with van der Waals surface area (Å²) in [6, 6.07) is -0.546. The van der Waals surface area contributed by atoms with Crippen molar-refractivity contribution < 1.29 is 24.5 Å². The van der Waals surface area contributed by atoms with Gasteiger partial charge in [0, 0.05) is 12.8 Å². The largest absolute Gasteiger partial charge is 0.466 e. The van der Waals surface area contributed by atoms with E-state index in [4.69, 9.17) is 4.74 Å². The standard InChI is InChI=1S/C60H117NO5/c1-3-5-7-9-11-13-15-16-17-18-20-24-27-30-34-38-42-46-50-54-60(65)66-55-51-47-43-39-35-31-28-25-22-19-21-23-26-29-33-37-41-45-49-53-59(64)61-57(56-62)58(63)52-48-44-40-36-32-14-12-10-8-6-4-2/h19,21,57-58,62-63H,3-18,20,22-56H2,1-2H3,(H,61,64)/b21-19-. The lowest BCUT2D eigenvalue weighted by molar-refractivity contribution is -0.143. The molecule has 0 saturated heterocycles. The number of nitrogens with one attached hydrogen (secondary N) is 1. The van der Waals surface area contributed by atoms with Crippen LogP contribution in [0, 0.1) is 0 Å². The van der Waals surface area contributed by atoms with E-state index < -0.39 is 12.1 Å². The van der Waals surface area contributed by atoms with Crippen molar-refractivity contribution in [2.45, 2.75) is 347 Å². The van der Waals surface area contributed by atoms with Crippen LogP contribution < -0.4 is 5.32 Å². The molecule has 0 rings (SSSR count). The molecule has 0 aromatic rings. The zero-order valence-electron chi connectivity index (χ0n) is 44.7. The summed E-state index contributed by atoms with van der Waals surface area (Å²) in [5, 5.41) is 23.2. The number of aliphatic hydroxyl groups is 2. The Morgan fingerprint density at radius 1 is 0.409 bits per heavy atom. The number of hydrogen-bond acceptors (Lipinski definition) is 5. The quantitative estimate of drug-likeness (QED) is 0.0321. The van der Waals surface area contributed by atoms with Gasteiger partial charge in [0.05, 0.1) is 25.4 Å². The molecule has 2 atom stereocenters. The van der Waals surface area contributed by atoms with Crippen molar-refractivity contribution in [2.24, 2.45) is 0 Å². The molecule has 392 valence electrons. The summed E-state index contributed by atoms with van der Waals surface area (Å²) >= 11 is 0. The summed E-state index contributed by atoms with van der Waals surface area (Å²) in [5.74, 6) is -0.0352. The number of aliphatic hydroxyl groups excluding tert-OH is 2. The minimum atomic E-state index is -0.668. The zero-order chi connectivity index (χ0) is 47.9. The first kappa shape index (κ1) is 64.6. The summed E-state index contributed by atoms with van der Waals surface area (Å²) in [5.41, 5.74) is 0. The highest BCUT2D eigenvalue weighted by Gasteiger charge is 2.20. The monoisotopic (exact) mass is 932 g/mol. The molecule has 0 aliphatic heterocycles. The van der Waals surface area contributed by atoms with Gasteiger partial charge in [-0.2, -0.15) is 0 Å². The van der Waals surface area contributed by atoms with Gasteiger partial charge in [-0.1, -0.05) is 283 Å². The SMILES string of the molecule is CCCCCCCCCCCCCCCCCCCCCC(=O)OCCCCCCCCCC/C=C\CCCCCCCCCC(=O)NC(CO)C(O)CCCCCCCCCCCCC. The molecule has 1 amide bonds. The van der Waals surface area contributed by atoms with Crippen LogP contribution in [0.25, 0.3) is 0 Å². The van der Waals surface area contributed by atoms with E-state index >= 15 is 0 Å². The Balaban J connectivity index is 3.38. The third-order valence-corrected chi connectivity index (χ3v) is 14.1. The molecule has 0 aliphatic carbocycles. The van der Waals surface area contributed by atoms with E-state index in [1.54, 1.807) is 0 Å². The van der Waals surface area contributed by atoms with Crippen molar-refractivity contribution in [3.05, 3.63) is 12.2 Å². The van der Waals surface area contributed by atoms with Crippen molar-refractivity contribution in [3.8, 4) is 0 Å². The summed E-state index contributed by atoms with van der Waals surface area (Å²) in [6.45, 7) is 4.95. The maximum absolute atomic E-state index is 12.4. The average molecular weight is 933 g/mol. The Morgan fingerprint density at radius 2 is 0.712 bits per heavy atom. The number of rotatable bonds is 56. The minimum Gasteiger partial charge on any atom is -0.466 e. The van der Waals surface area contributed by atoms with E-state index in [0.29, 0.717) is 25.9 Å². The molecule has 0 aliphatic rings. The van der Waals surface area contributed by atoms with Gasteiger partial charge in [-0.05, 0) is 51.4 Å². The van der Waals surface area contributed by atoms with E-state index in [1.807, 2.05) is 0 Å². The number of amides is 1. The summed E-state index contributed by atoms with van der Waals surface area (Å²) in [7, 11) is 0. The Bertz CT molecular complexity index is 986. The highest BCUT2D eigenvalue weighted by atomic mass is 16.5. The van der Waals surface area contributed by atoms with E-state index in [-0.39, 0.29) is 18.5 Å². The highest BCUT2D eigenvalue weighted by molar-refractivity contribution is 5.76. The molecule has 3 N–H and O–H groups in total. The van der Waals surface area contributed by atoms with Crippen molar-refractivity contribution >= 4 is 11.9 Å². The van der Waals surface area contributed by atoms with Crippen LogP contribution in [0.1, 0.15) is 335 Å². The first-order valence-corrected chi connectivity index (χ1v) is 29.9. The fourth-order valence-corrected chi connectivity index (χ4v) is 9.46. The van der Waals surface area contributed by atoms with Gasteiger partial charge in [0.25, 0.3) is 0 Å². The van der Waals surface area contributed by atoms with Gasteiger partial charge in [0.15, 0.2) is 0 Å². The van der Waals surface area contributed by atoms with Gasteiger partial charge in [-0.3, -0.25) is 9.59 Å². The van der Waals surface area contributed by atoms with Crippen molar-refractivity contribution in [2.75, 3.05) is 13.2 Å². The third kappa shape index (κ3) is 52.0. The number of ether oxygens (including phenoxy) is 1. The van der Waals surface area contributed by atoms with Crippen LogP contribution in [0.2, 0.25) is 0 Å². The van der Waals surface area contributed by atoms with Crippen LogP contribution in [-0.4, -0.2) is 47.4 Å². The van der Waals surface area contributed by atoms with Crippen molar-refractivity contribution in [1.82, 2.24) is 5.32 Å². The van der Waals surface area contributed by atoms with Gasteiger partial charge in [-0.25, -0.2) is 0 Å². The van der Waals surface area contributed by atoms with Crippen LogP contribution in [0.3, 0.4) is 0 Å². The molecular formula is C60H117NO5. The lowest BCUT2D eigenvalue weighted by atomic mass is 10.0. The van der Waals surface area contributed by atoms with Crippen molar-refractivity contribution in [3.63, 3.8) is 0 Å². The Labute approximate surface area is 412 Å². The van der Waals surface area contributed by atoms with Gasteiger partial charge in [-0.15, -0.1) is 0 Å². The second kappa shape index (κ2) is 56.2. The molecule has 0 heterocycles. The molecule has 0 bridgehead atoms. The number of unbranched alkanes of at least 4 members (excludes halogenated alkanes) is 43. The second-order valence-corrected chi connectivity index (χ2v) is 20.7. The second-order valence-electron chi connectivity index (χ2n) is 20.7. The van der Waals surface area contributed by atoms with Crippen LogP contribution in [-0.2, 0) is 14.3 Å². The molecule has 6 nitrogen and oxygen atoms in total. The minimum absolute atomic E-state index is 0.00916. The van der Waals surface area contributed by atoms with Crippen LogP contribution in [0.15, 0.2) is 12.2 Å². The normalized spacial score (nSPS) is 12.6. The highest BCUT2D eigenvalue weighted by Crippen LogP contribution is 2.18. The maximum atomic E-state index is 12.4. The molecule has 0 aromatic heterocycles. The first-order chi connectivity index (χ1) is 32.5. The summed E-state index contributed by atoms with van der Waals surface area (Å²) < 4.78 is 5.49. The molecule has 0 saturated carbocycles. The van der Waals surface area contributed by atoms with Crippen molar-refractivity contribution in [1.29, 1.82) is 0 Å². The zero-order valence-corrected chi connectivity index (χ0v) is 44.7. The lowest BCUT2D eigenvalue weighted by Crippen LogP contribution is -2.45. The molecule has 0 radical (unpaired) electrons.